The first-order chi connectivity index (χ1) is 14.5. The van der Waals surface area contributed by atoms with Crippen molar-refractivity contribution in [1.82, 2.24) is 15.5 Å². The van der Waals surface area contributed by atoms with Gasteiger partial charge in [0.15, 0.2) is 0 Å². The maximum Gasteiger partial charge on any atom is 0.325 e. The fraction of sp³-hybridized carbons (Fsp3) is 0.625. The Kier molecular flexibility index (Phi) is 6.62. The van der Waals surface area contributed by atoms with Crippen molar-refractivity contribution in [2.45, 2.75) is 78.5 Å². The molecule has 1 aliphatic carbocycles. The average Bonchev–Trinajstić information content (AvgIpc) is 2.91. The Hall–Kier alpha value is -2.57. The van der Waals surface area contributed by atoms with Gasteiger partial charge in [0.2, 0.25) is 5.91 Å². The van der Waals surface area contributed by atoms with Crippen molar-refractivity contribution >= 4 is 17.8 Å². The molecule has 0 aromatic heterocycles. The Balaban J connectivity index is 1.52. The summed E-state index contributed by atoms with van der Waals surface area (Å²) < 4.78 is 5.61. The second-order valence-electron chi connectivity index (χ2n) is 10.1. The van der Waals surface area contributed by atoms with Gasteiger partial charge in [0, 0.05) is 6.54 Å². The fourth-order valence-electron chi connectivity index (χ4n) is 4.49. The van der Waals surface area contributed by atoms with Crippen LogP contribution in [0.4, 0.5) is 4.79 Å². The van der Waals surface area contributed by atoms with Gasteiger partial charge in [-0.25, -0.2) is 4.79 Å². The van der Waals surface area contributed by atoms with Gasteiger partial charge in [0.25, 0.3) is 5.91 Å². The van der Waals surface area contributed by atoms with E-state index in [1.807, 2.05) is 38.1 Å². The maximum absolute atomic E-state index is 13.0. The molecule has 0 radical (unpaired) electrons. The molecule has 0 unspecified atom stereocenters. The summed E-state index contributed by atoms with van der Waals surface area (Å²) >= 11 is 0. The third kappa shape index (κ3) is 5.38. The van der Waals surface area contributed by atoms with Gasteiger partial charge >= 0.3 is 6.03 Å². The molecule has 1 saturated heterocycles. The van der Waals surface area contributed by atoms with Crippen LogP contribution in [0.3, 0.4) is 0 Å². The molecule has 1 aliphatic heterocycles. The van der Waals surface area contributed by atoms with E-state index < -0.39 is 11.6 Å². The lowest BCUT2D eigenvalue weighted by molar-refractivity contribution is -0.136. The zero-order valence-corrected chi connectivity index (χ0v) is 19.3. The summed E-state index contributed by atoms with van der Waals surface area (Å²) in [6.07, 6.45) is 3.14. The van der Waals surface area contributed by atoms with Crippen LogP contribution >= 0.6 is 0 Å². The minimum Gasteiger partial charge on any atom is -0.491 e. The number of carbonyl (C=O) groups is 3. The predicted molar refractivity (Wildman–Crippen MR) is 118 cm³/mol. The van der Waals surface area contributed by atoms with Crippen LogP contribution < -0.4 is 15.4 Å². The minimum absolute atomic E-state index is 0.0986. The molecule has 7 nitrogen and oxygen atoms in total. The highest BCUT2D eigenvalue weighted by atomic mass is 16.5. The molecule has 1 heterocycles. The van der Waals surface area contributed by atoms with Crippen molar-refractivity contribution in [3.63, 3.8) is 0 Å². The summed E-state index contributed by atoms with van der Waals surface area (Å²) in [5.74, 6) is 0.676. The van der Waals surface area contributed by atoms with Gasteiger partial charge < -0.3 is 15.4 Å². The van der Waals surface area contributed by atoms with E-state index in [9.17, 15) is 14.4 Å². The van der Waals surface area contributed by atoms with Crippen LogP contribution in [0.5, 0.6) is 5.75 Å². The van der Waals surface area contributed by atoms with Gasteiger partial charge in [-0.1, -0.05) is 32.9 Å². The second kappa shape index (κ2) is 8.89. The van der Waals surface area contributed by atoms with E-state index >= 15 is 0 Å². The highest BCUT2D eigenvalue weighted by Crippen LogP contribution is 2.43. The quantitative estimate of drug-likeness (QED) is 0.676. The van der Waals surface area contributed by atoms with Crippen molar-refractivity contribution in [2.24, 2.45) is 11.3 Å². The lowest BCUT2D eigenvalue weighted by Gasteiger charge is -2.40. The van der Waals surface area contributed by atoms with Gasteiger partial charge in [0.05, 0.1) is 6.10 Å². The molecule has 0 atom stereocenters. The molecule has 1 aromatic carbocycles. The topological polar surface area (TPSA) is 87.7 Å². The first kappa shape index (κ1) is 23.1. The van der Waals surface area contributed by atoms with Crippen LogP contribution in [-0.2, 0) is 16.1 Å². The van der Waals surface area contributed by atoms with Crippen LogP contribution in [0, 0.1) is 11.3 Å². The second-order valence-corrected chi connectivity index (χ2v) is 10.1. The molecule has 2 aliphatic rings. The lowest BCUT2D eigenvalue weighted by Crippen LogP contribution is -2.51. The van der Waals surface area contributed by atoms with Crippen molar-refractivity contribution in [1.29, 1.82) is 0 Å². The van der Waals surface area contributed by atoms with Gasteiger partial charge in [-0.2, -0.15) is 0 Å². The molecular formula is C24H35N3O4. The van der Waals surface area contributed by atoms with E-state index in [0.29, 0.717) is 25.3 Å². The van der Waals surface area contributed by atoms with Crippen molar-refractivity contribution < 1.29 is 19.1 Å². The average molecular weight is 430 g/mol. The molecule has 2 fully saturated rings. The first-order valence-electron chi connectivity index (χ1n) is 11.2. The van der Waals surface area contributed by atoms with E-state index in [-0.39, 0.29) is 29.9 Å². The number of ether oxygens (including phenoxy) is 1. The Labute approximate surface area is 184 Å². The van der Waals surface area contributed by atoms with Crippen LogP contribution in [0.1, 0.15) is 65.9 Å². The number of amides is 4. The summed E-state index contributed by atoms with van der Waals surface area (Å²) in [7, 11) is 0. The zero-order chi connectivity index (χ0) is 22.8. The van der Waals surface area contributed by atoms with Crippen LogP contribution in [-0.4, -0.2) is 40.9 Å². The van der Waals surface area contributed by atoms with Crippen molar-refractivity contribution in [2.75, 3.05) is 6.54 Å². The molecule has 1 saturated carbocycles. The van der Waals surface area contributed by atoms with Crippen LogP contribution in [0.15, 0.2) is 24.3 Å². The Bertz CT molecular complexity index is 818. The Morgan fingerprint density at radius 3 is 2.35 bits per heavy atom. The first-order valence-corrected chi connectivity index (χ1v) is 11.2. The van der Waals surface area contributed by atoms with Gasteiger partial charge in [-0.15, -0.1) is 0 Å². The van der Waals surface area contributed by atoms with Crippen LogP contribution in [0.25, 0.3) is 0 Å². The normalized spacial score (nSPS) is 23.9. The standard InChI is InChI=1S/C24H35N3O4/c1-16(2)31-19-8-6-17(7-9-19)14-25-20(28)15-27-21(29)24(26-22(27)30)12-10-18(11-13-24)23(3,4)5/h6-9,16,18H,10-15H2,1-5H3,(H,25,28)(H,26,30). The number of carbonyl (C=O) groups excluding carboxylic acids is 3. The third-order valence-electron chi connectivity index (χ3n) is 6.40. The number of imide groups is 1. The van der Waals surface area contributed by atoms with E-state index in [2.05, 4.69) is 31.4 Å². The molecular weight excluding hydrogens is 394 g/mol. The minimum atomic E-state index is -0.842. The zero-order valence-electron chi connectivity index (χ0n) is 19.3. The van der Waals surface area contributed by atoms with Crippen LogP contribution in [0.2, 0.25) is 0 Å². The molecule has 1 aromatic rings. The Morgan fingerprint density at radius 1 is 1.19 bits per heavy atom. The molecule has 3 rings (SSSR count). The summed E-state index contributed by atoms with van der Waals surface area (Å²) in [6, 6.07) is 7.01. The summed E-state index contributed by atoms with van der Waals surface area (Å²) in [5.41, 5.74) is 0.260. The molecule has 31 heavy (non-hydrogen) atoms. The highest BCUT2D eigenvalue weighted by Gasteiger charge is 2.53. The van der Waals surface area contributed by atoms with Crippen molar-refractivity contribution in [3.05, 3.63) is 29.8 Å². The van der Waals surface area contributed by atoms with Gasteiger partial charge in [-0.05, 0) is 68.6 Å². The lowest BCUT2D eigenvalue weighted by atomic mass is 9.67. The molecule has 1 spiro atoms. The molecule has 4 amide bonds. The summed E-state index contributed by atoms with van der Waals surface area (Å²) in [6.45, 7) is 10.6. The number of benzene rings is 1. The third-order valence-corrected chi connectivity index (χ3v) is 6.40. The molecule has 0 bridgehead atoms. The number of urea groups is 1. The monoisotopic (exact) mass is 429 g/mol. The summed E-state index contributed by atoms with van der Waals surface area (Å²) in [5, 5.41) is 5.68. The fourth-order valence-corrected chi connectivity index (χ4v) is 4.49. The Morgan fingerprint density at radius 2 is 1.81 bits per heavy atom. The largest absolute Gasteiger partial charge is 0.491 e. The van der Waals surface area contributed by atoms with Gasteiger partial charge in [0.1, 0.15) is 17.8 Å². The molecule has 170 valence electrons. The number of nitrogens with zero attached hydrogens (tertiary/aromatic N) is 1. The van der Waals surface area contributed by atoms with Gasteiger partial charge in [-0.3, -0.25) is 14.5 Å². The number of hydrogen-bond acceptors (Lipinski definition) is 4. The number of hydrogen-bond donors (Lipinski definition) is 2. The van der Waals surface area contributed by atoms with E-state index in [0.717, 1.165) is 29.1 Å². The smallest absolute Gasteiger partial charge is 0.325 e. The van der Waals surface area contributed by atoms with E-state index in [1.54, 1.807) is 0 Å². The molecule has 7 heteroatoms. The highest BCUT2D eigenvalue weighted by molar-refractivity contribution is 6.09. The maximum atomic E-state index is 13.0. The molecule has 2 N–H and O–H groups in total. The summed E-state index contributed by atoms with van der Waals surface area (Å²) in [4.78, 5) is 39.0. The number of nitrogens with one attached hydrogen (secondary N) is 2. The number of rotatable bonds is 6. The van der Waals surface area contributed by atoms with Crippen molar-refractivity contribution in [3.8, 4) is 5.75 Å². The SMILES string of the molecule is CC(C)Oc1ccc(CNC(=O)CN2C(=O)NC3(CCC(C(C)(C)C)CC3)C2=O)cc1. The predicted octanol–water partition coefficient (Wildman–Crippen LogP) is 3.62. The van der Waals surface area contributed by atoms with E-state index in [1.165, 1.54) is 0 Å². The van der Waals surface area contributed by atoms with E-state index in [4.69, 9.17) is 4.74 Å².